The predicted octanol–water partition coefficient (Wildman–Crippen LogP) is 1.85. The van der Waals surface area contributed by atoms with E-state index in [4.69, 9.17) is 16.3 Å². The number of carbonyl (C=O) groups is 1. The summed E-state index contributed by atoms with van der Waals surface area (Å²) < 4.78 is 5.41. The summed E-state index contributed by atoms with van der Waals surface area (Å²) in [5.74, 6) is 0. The van der Waals surface area contributed by atoms with Gasteiger partial charge in [-0.15, -0.1) is 0 Å². The lowest BCUT2D eigenvalue weighted by Crippen LogP contribution is -2.41. The second-order valence-electron chi connectivity index (χ2n) is 4.79. The zero-order valence-electron chi connectivity index (χ0n) is 11.1. The van der Waals surface area contributed by atoms with Crippen LogP contribution in [0, 0.1) is 0 Å². The van der Waals surface area contributed by atoms with Gasteiger partial charge < -0.3 is 20.5 Å². The van der Waals surface area contributed by atoms with Crippen LogP contribution in [0.1, 0.15) is 24.5 Å². The third-order valence-electron chi connectivity index (χ3n) is 3.23. The Morgan fingerprint density at radius 3 is 2.80 bits per heavy atom. The summed E-state index contributed by atoms with van der Waals surface area (Å²) in [5.41, 5.74) is 0.717. The molecule has 1 saturated heterocycles. The maximum atomic E-state index is 11.6. The summed E-state index contributed by atoms with van der Waals surface area (Å²) in [6.07, 6.45) is 1.39. The molecule has 110 valence electrons. The lowest BCUT2D eigenvalue weighted by Gasteiger charge is -2.14. The van der Waals surface area contributed by atoms with E-state index >= 15 is 0 Å². The van der Waals surface area contributed by atoms with Crippen molar-refractivity contribution in [2.45, 2.75) is 25.0 Å². The van der Waals surface area contributed by atoms with Crippen LogP contribution in [-0.4, -0.2) is 36.9 Å². The van der Waals surface area contributed by atoms with Gasteiger partial charge in [0.25, 0.3) is 0 Å². The molecule has 5 nitrogen and oxygen atoms in total. The number of carbonyl (C=O) groups excluding carboxylic acids is 1. The number of hydrogen-bond donors (Lipinski definition) is 3. The van der Waals surface area contributed by atoms with Crippen molar-refractivity contribution in [1.29, 1.82) is 0 Å². The Bertz CT molecular complexity index is 433. The zero-order chi connectivity index (χ0) is 14.4. The summed E-state index contributed by atoms with van der Waals surface area (Å²) >= 11 is 5.77. The highest BCUT2D eigenvalue weighted by atomic mass is 35.5. The van der Waals surface area contributed by atoms with Crippen molar-refractivity contribution in [3.8, 4) is 0 Å². The molecule has 3 N–H and O–H groups in total. The number of nitrogens with one attached hydrogen (secondary N) is 2. The van der Waals surface area contributed by atoms with Gasteiger partial charge in [0, 0.05) is 24.7 Å². The van der Waals surface area contributed by atoms with Crippen LogP contribution in [0.4, 0.5) is 4.79 Å². The van der Waals surface area contributed by atoms with E-state index in [1.165, 1.54) is 0 Å². The first-order valence-electron chi connectivity index (χ1n) is 6.72. The number of aliphatic hydroxyl groups is 1. The lowest BCUT2D eigenvalue weighted by atomic mass is 10.1. The number of hydrogen-bond acceptors (Lipinski definition) is 3. The first-order chi connectivity index (χ1) is 9.65. The van der Waals surface area contributed by atoms with Crippen LogP contribution in [0.25, 0.3) is 0 Å². The van der Waals surface area contributed by atoms with Crippen LogP contribution in [-0.2, 0) is 4.74 Å². The minimum Gasteiger partial charge on any atom is -0.387 e. The Labute approximate surface area is 123 Å². The second-order valence-corrected chi connectivity index (χ2v) is 5.23. The highest BCUT2D eigenvalue weighted by Gasteiger charge is 2.16. The fourth-order valence-corrected chi connectivity index (χ4v) is 2.19. The van der Waals surface area contributed by atoms with E-state index in [0.717, 1.165) is 19.4 Å². The largest absolute Gasteiger partial charge is 0.387 e. The van der Waals surface area contributed by atoms with Gasteiger partial charge in [-0.3, -0.25) is 0 Å². The monoisotopic (exact) mass is 298 g/mol. The normalized spacial score (nSPS) is 19.6. The third-order valence-corrected chi connectivity index (χ3v) is 3.48. The number of rotatable bonds is 5. The molecule has 1 aromatic carbocycles. The van der Waals surface area contributed by atoms with Gasteiger partial charge in [0.05, 0.1) is 12.2 Å². The molecule has 0 saturated carbocycles. The minimum absolute atomic E-state index is 0.113. The molecule has 2 rings (SSSR count). The lowest BCUT2D eigenvalue weighted by molar-refractivity contribution is 0.111. The van der Waals surface area contributed by atoms with Gasteiger partial charge in [0.1, 0.15) is 0 Å². The van der Waals surface area contributed by atoms with Crippen molar-refractivity contribution >= 4 is 17.6 Å². The Hall–Kier alpha value is -1.30. The van der Waals surface area contributed by atoms with Gasteiger partial charge in [0.2, 0.25) is 0 Å². The number of benzene rings is 1. The van der Waals surface area contributed by atoms with E-state index < -0.39 is 6.10 Å². The van der Waals surface area contributed by atoms with Crippen molar-refractivity contribution < 1.29 is 14.6 Å². The molecule has 1 heterocycles. The van der Waals surface area contributed by atoms with Crippen LogP contribution in [0.3, 0.4) is 0 Å². The zero-order valence-corrected chi connectivity index (χ0v) is 11.9. The SMILES string of the molecule is O=C(NCC1CCCO1)NCC(O)c1ccc(Cl)cc1. The van der Waals surface area contributed by atoms with Crippen LogP contribution in [0.5, 0.6) is 0 Å². The molecule has 2 unspecified atom stereocenters. The molecule has 1 aromatic rings. The van der Waals surface area contributed by atoms with Gasteiger partial charge in [0.15, 0.2) is 0 Å². The summed E-state index contributed by atoms with van der Waals surface area (Å²) in [5, 5.41) is 15.9. The quantitative estimate of drug-likeness (QED) is 0.777. The van der Waals surface area contributed by atoms with Gasteiger partial charge in [-0.25, -0.2) is 4.79 Å². The number of urea groups is 1. The van der Waals surface area contributed by atoms with E-state index in [0.29, 0.717) is 17.1 Å². The molecule has 20 heavy (non-hydrogen) atoms. The summed E-state index contributed by atoms with van der Waals surface area (Å²) in [6.45, 7) is 1.42. The fraction of sp³-hybridized carbons (Fsp3) is 0.500. The fourth-order valence-electron chi connectivity index (χ4n) is 2.07. The van der Waals surface area contributed by atoms with E-state index in [2.05, 4.69) is 10.6 Å². The molecule has 0 spiro atoms. The topological polar surface area (TPSA) is 70.6 Å². The van der Waals surface area contributed by atoms with E-state index in [-0.39, 0.29) is 18.7 Å². The van der Waals surface area contributed by atoms with Crippen LogP contribution in [0.2, 0.25) is 5.02 Å². The highest BCUT2D eigenvalue weighted by Crippen LogP contribution is 2.15. The number of halogens is 1. The van der Waals surface area contributed by atoms with Crippen LogP contribution >= 0.6 is 11.6 Å². The van der Waals surface area contributed by atoms with Gasteiger partial charge in [-0.1, -0.05) is 23.7 Å². The smallest absolute Gasteiger partial charge is 0.314 e. The first-order valence-corrected chi connectivity index (χ1v) is 7.10. The average molecular weight is 299 g/mol. The number of amides is 2. The summed E-state index contributed by atoms with van der Waals surface area (Å²) in [4.78, 5) is 11.6. The molecule has 0 aromatic heterocycles. The average Bonchev–Trinajstić information content (AvgIpc) is 2.96. The van der Waals surface area contributed by atoms with Gasteiger partial charge in [-0.2, -0.15) is 0 Å². The second kappa shape index (κ2) is 7.47. The van der Waals surface area contributed by atoms with E-state index in [9.17, 15) is 9.90 Å². The molecule has 0 aliphatic carbocycles. The van der Waals surface area contributed by atoms with Gasteiger partial charge in [-0.05, 0) is 30.5 Å². The number of ether oxygens (including phenoxy) is 1. The molecule has 6 heteroatoms. The standard InChI is InChI=1S/C14H19ClN2O3/c15-11-5-3-10(4-6-11)13(18)9-17-14(19)16-8-12-2-1-7-20-12/h3-6,12-13,18H,1-2,7-9H2,(H2,16,17,19). The van der Waals surface area contributed by atoms with Crippen molar-refractivity contribution in [3.05, 3.63) is 34.9 Å². The summed E-state index contributed by atoms with van der Waals surface area (Å²) in [6, 6.07) is 6.58. The molecule has 1 aliphatic heterocycles. The molecular formula is C14H19ClN2O3. The van der Waals surface area contributed by atoms with Crippen molar-refractivity contribution in [1.82, 2.24) is 10.6 Å². The van der Waals surface area contributed by atoms with Crippen LogP contribution < -0.4 is 10.6 Å². The van der Waals surface area contributed by atoms with Crippen molar-refractivity contribution in [2.24, 2.45) is 0 Å². The van der Waals surface area contributed by atoms with E-state index in [1.807, 2.05) is 0 Å². The van der Waals surface area contributed by atoms with Gasteiger partial charge >= 0.3 is 6.03 Å². The van der Waals surface area contributed by atoms with Crippen LogP contribution in [0.15, 0.2) is 24.3 Å². The molecule has 0 bridgehead atoms. The Kier molecular flexibility index (Phi) is 5.64. The molecule has 0 radical (unpaired) electrons. The third kappa shape index (κ3) is 4.67. The first kappa shape index (κ1) is 15.1. The predicted molar refractivity (Wildman–Crippen MR) is 76.8 cm³/mol. The molecular weight excluding hydrogens is 280 g/mol. The Morgan fingerprint density at radius 1 is 1.40 bits per heavy atom. The highest BCUT2D eigenvalue weighted by molar-refractivity contribution is 6.30. The Balaban J connectivity index is 1.68. The molecule has 2 atom stereocenters. The molecule has 1 aliphatic rings. The minimum atomic E-state index is -0.749. The van der Waals surface area contributed by atoms with E-state index in [1.54, 1.807) is 24.3 Å². The molecule has 2 amide bonds. The van der Waals surface area contributed by atoms with Crippen molar-refractivity contribution in [3.63, 3.8) is 0 Å². The van der Waals surface area contributed by atoms with Crippen molar-refractivity contribution in [2.75, 3.05) is 19.7 Å². The maximum absolute atomic E-state index is 11.6. The Morgan fingerprint density at radius 2 is 2.15 bits per heavy atom. The maximum Gasteiger partial charge on any atom is 0.314 e. The number of aliphatic hydroxyl groups excluding tert-OH is 1. The summed E-state index contributed by atoms with van der Waals surface area (Å²) in [7, 11) is 0. The molecule has 1 fully saturated rings.